The quantitative estimate of drug-likeness (QED) is 0.657. The van der Waals surface area contributed by atoms with Gasteiger partial charge in [-0.1, -0.05) is 17.7 Å². The summed E-state index contributed by atoms with van der Waals surface area (Å²) in [5.74, 6) is -0.648. The van der Waals surface area contributed by atoms with Crippen LogP contribution >= 0.6 is 34.2 Å². The SMILES string of the molecule is O=C(Nc1c(Cl)cccc1C(F)(F)F)c1ccc(I)cc1. The second kappa shape index (κ2) is 6.23. The zero-order valence-corrected chi connectivity index (χ0v) is 13.3. The average molecular weight is 426 g/mol. The summed E-state index contributed by atoms with van der Waals surface area (Å²) in [7, 11) is 0. The van der Waals surface area contributed by atoms with Gasteiger partial charge in [0.1, 0.15) is 0 Å². The summed E-state index contributed by atoms with van der Waals surface area (Å²) in [6, 6.07) is 9.78. The van der Waals surface area contributed by atoms with E-state index in [1.807, 2.05) is 0 Å². The molecule has 2 rings (SSSR count). The fraction of sp³-hybridized carbons (Fsp3) is 0.0714. The van der Waals surface area contributed by atoms with Crippen LogP contribution in [-0.4, -0.2) is 5.91 Å². The summed E-state index contributed by atoms with van der Waals surface area (Å²) in [4.78, 5) is 12.0. The molecule has 0 fully saturated rings. The number of nitrogens with one attached hydrogen (secondary N) is 1. The van der Waals surface area contributed by atoms with E-state index in [9.17, 15) is 18.0 Å². The number of benzene rings is 2. The lowest BCUT2D eigenvalue weighted by Gasteiger charge is -2.15. The fourth-order valence-electron chi connectivity index (χ4n) is 1.67. The summed E-state index contributed by atoms with van der Waals surface area (Å²) < 4.78 is 39.7. The zero-order chi connectivity index (χ0) is 15.6. The molecule has 0 aliphatic carbocycles. The first kappa shape index (κ1) is 16.1. The number of anilines is 1. The Bertz CT molecular complexity index is 671. The molecule has 2 nitrogen and oxygen atoms in total. The molecule has 0 aromatic heterocycles. The second-order valence-corrected chi connectivity index (χ2v) is 5.77. The van der Waals surface area contributed by atoms with Crippen LogP contribution in [0, 0.1) is 3.57 Å². The highest BCUT2D eigenvalue weighted by atomic mass is 127. The second-order valence-electron chi connectivity index (χ2n) is 4.12. The Labute approximate surface area is 137 Å². The molecule has 0 heterocycles. The lowest BCUT2D eigenvalue weighted by molar-refractivity contribution is -0.136. The van der Waals surface area contributed by atoms with Crippen LogP contribution in [0.3, 0.4) is 0 Å². The van der Waals surface area contributed by atoms with E-state index >= 15 is 0 Å². The molecule has 2 aromatic carbocycles. The van der Waals surface area contributed by atoms with Crippen LogP contribution in [0.2, 0.25) is 5.02 Å². The van der Waals surface area contributed by atoms with Crippen LogP contribution < -0.4 is 5.32 Å². The third-order valence-electron chi connectivity index (χ3n) is 2.66. The van der Waals surface area contributed by atoms with Gasteiger partial charge in [0.25, 0.3) is 5.91 Å². The van der Waals surface area contributed by atoms with Gasteiger partial charge in [-0.15, -0.1) is 0 Å². The van der Waals surface area contributed by atoms with E-state index in [4.69, 9.17) is 11.6 Å². The molecule has 0 aliphatic rings. The van der Waals surface area contributed by atoms with E-state index in [0.717, 1.165) is 9.64 Å². The van der Waals surface area contributed by atoms with E-state index in [-0.39, 0.29) is 10.6 Å². The number of para-hydroxylation sites is 1. The Morgan fingerprint density at radius 2 is 1.71 bits per heavy atom. The van der Waals surface area contributed by atoms with Crippen LogP contribution in [0.5, 0.6) is 0 Å². The van der Waals surface area contributed by atoms with Crippen molar-refractivity contribution < 1.29 is 18.0 Å². The molecule has 2 aromatic rings. The Hall–Kier alpha value is -1.28. The molecule has 1 N–H and O–H groups in total. The Balaban J connectivity index is 2.35. The summed E-state index contributed by atoms with van der Waals surface area (Å²) in [5.41, 5.74) is -1.16. The number of hydrogen-bond acceptors (Lipinski definition) is 1. The minimum Gasteiger partial charge on any atom is -0.320 e. The number of amides is 1. The largest absolute Gasteiger partial charge is 0.418 e. The average Bonchev–Trinajstić information content (AvgIpc) is 2.40. The third kappa shape index (κ3) is 3.88. The molecule has 0 saturated heterocycles. The molecule has 21 heavy (non-hydrogen) atoms. The van der Waals surface area contributed by atoms with E-state index in [0.29, 0.717) is 0 Å². The predicted octanol–water partition coefficient (Wildman–Crippen LogP) is 5.22. The van der Waals surface area contributed by atoms with Gasteiger partial charge in [0.15, 0.2) is 0 Å². The number of rotatable bonds is 2. The monoisotopic (exact) mass is 425 g/mol. The molecule has 0 bridgehead atoms. The molecular formula is C14H8ClF3INO. The van der Waals surface area contributed by atoms with E-state index in [1.165, 1.54) is 24.3 Å². The zero-order valence-electron chi connectivity index (χ0n) is 10.3. The van der Waals surface area contributed by atoms with E-state index in [1.54, 1.807) is 12.1 Å². The third-order valence-corrected chi connectivity index (χ3v) is 3.70. The van der Waals surface area contributed by atoms with Gasteiger partial charge in [-0.2, -0.15) is 13.2 Å². The molecule has 110 valence electrons. The van der Waals surface area contributed by atoms with Gasteiger partial charge >= 0.3 is 6.18 Å². The van der Waals surface area contributed by atoms with Crippen molar-refractivity contribution >= 4 is 45.8 Å². The van der Waals surface area contributed by atoms with Gasteiger partial charge in [-0.3, -0.25) is 4.79 Å². The minimum atomic E-state index is -4.60. The van der Waals surface area contributed by atoms with Crippen LogP contribution in [0.4, 0.5) is 18.9 Å². The van der Waals surface area contributed by atoms with Crippen molar-refractivity contribution in [2.24, 2.45) is 0 Å². The van der Waals surface area contributed by atoms with Gasteiger partial charge in [-0.05, 0) is 59.0 Å². The van der Waals surface area contributed by atoms with Gasteiger partial charge in [-0.25, -0.2) is 0 Å². The lowest BCUT2D eigenvalue weighted by Crippen LogP contribution is -2.17. The van der Waals surface area contributed by atoms with E-state index in [2.05, 4.69) is 27.9 Å². The van der Waals surface area contributed by atoms with Crippen LogP contribution in [-0.2, 0) is 6.18 Å². The van der Waals surface area contributed by atoms with Crippen molar-refractivity contribution in [2.75, 3.05) is 5.32 Å². The molecule has 7 heteroatoms. The van der Waals surface area contributed by atoms with Crippen molar-refractivity contribution in [2.45, 2.75) is 6.18 Å². The number of carbonyl (C=O) groups is 1. The molecule has 0 radical (unpaired) electrons. The summed E-state index contributed by atoms with van der Waals surface area (Å²) in [5, 5.41) is 2.06. The number of halogens is 5. The van der Waals surface area contributed by atoms with Crippen molar-refractivity contribution in [1.82, 2.24) is 0 Å². The maximum Gasteiger partial charge on any atom is 0.418 e. The minimum absolute atomic E-state index is 0.163. The predicted molar refractivity (Wildman–Crippen MR) is 83.6 cm³/mol. The molecule has 0 aliphatic heterocycles. The highest BCUT2D eigenvalue weighted by Gasteiger charge is 2.34. The number of carbonyl (C=O) groups excluding carboxylic acids is 1. The van der Waals surface area contributed by atoms with Gasteiger partial charge in [0.2, 0.25) is 0 Å². The Morgan fingerprint density at radius 1 is 1.10 bits per heavy atom. The highest BCUT2D eigenvalue weighted by Crippen LogP contribution is 2.38. The number of alkyl halides is 3. The summed E-state index contributed by atoms with van der Waals surface area (Å²) in [6.07, 6.45) is -4.60. The fourth-order valence-corrected chi connectivity index (χ4v) is 2.26. The maximum atomic E-state index is 12.9. The first-order valence-corrected chi connectivity index (χ1v) is 7.17. The smallest absolute Gasteiger partial charge is 0.320 e. The first-order valence-electron chi connectivity index (χ1n) is 5.71. The Morgan fingerprint density at radius 3 is 2.29 bits per heavy atom. The van der Waals surface area contributed by atoms with Crippen molar-refractivity contribution in [3.8, 4) is 0 Å². The lowest BCUT2D eigenvalue weighted by atomic mass is 10.1. The molecule has 1 amide bonds. The van der Waals surface area contributed by atoms with Gasteiger partial charge < -0.3 is 5.32 Å². The molecule has 0 atom stereocenters. The maximum absolute atomic E-state index is 12.9. The normalized spacial score (nSPS) is 11.3. The first-order chi connectivity index (χ1) is 9.79. The van der Waals surface area contributed by atoms with Crippen LogP contribution in [0.1, 0.15) is 15.9 Å². The van der Waals surface area contributed by atoms with Crippen molar-refractivity contribution in [3.05, 3.63) is 62.2 Å². The van der Waals surface area contributed by atoms with Crippen LogP contribution in [0.25, 0.3) is 0 Å². The molecule has 0 unspecified atom stereocenters. The Kier molecular flexibility index (Phi) is 4.77. The van der Waals surface area contributed by atoms with Gasteiger partial charge in [0, 0.05) is 9.13 Å². The topological polar surface area (TPSA) is 29.1 Å². The highest BCUT2D eigenvalue weighted by molar-refractivity contribution is 14.1. The van der Waals surface area contributed by atoms with Gasteiger partial charge in [0.05, 0.1) is 16.3 Å². The summed E-state index contributed by atoms with van der Waals surface area (Å²) >= 11 is 7.84. The number of hydrogen-bond donors (Lipinski definition) is 1. The summed E-state index contributed by atoms with van der Waals surface area (Å²) in [6.45, 7) is 0. The van der Waals surface area contributed by atoms with Crippen molar-refractivity contribution in [1.29, 1.82) is 0 Å². The van der Waals surface area contributed by atoms with E-state index < -0.39 is 23.3 Å². The standard InChI is InChI=1S/C14H8ClF3INO/c15-11-3-1-2-10(14(16,17)18)12(11)20-13(21)8-4-6-9(19)7-5-8/h1-7H,(H,20,21). The van der Waals surface area contributed by atoms with Crippen LogP contribution in [0.15, 0.2) is 42.5 Å². The van der Waals surface area contributed by atoms with Crippen molar-refractivity contribution in [3.63, 3.8) is 0 Å². The molecular weight excluding hydrogens is 418 g/mol. The molecule has 0 spiro atoms. The molecule has 0 saturated carbocycles.